The Bertz CT molecular complexity index is 625. The van der Waals surface area contributed by atoms with Gasteiger partial charge in [0.15, 0.2) is 5.17 Å². The number of ether oxygens (including phenoxy) is 1. The molecule has 2 aliphatic heterocycles. The zero-order valence-corrected chi connectivity index (χ0v) is 11.6. The lowest BCUT2D eigenvalue weighted by Gasteiger charge is -2.30. The first-order valence-electron chi connectivity index (χ1n) is 6.08. The number of amides is 1. The Labute approximate surface area is 120 Å². The lowest BCUT2D eigenvalue weighted by atomic mass is 9.97. The van der Waals surface area contributed by atoms with Crippen LogP contribution in [0.15, 0.2) is 47.1 Å². The van der Waals surface area contributed by atoms with Gasteiger partial charge in [0.1, 0.15) is 0 Å². The van der Waals surface area contributed by atoms with Crippen LogP contribution in [0.4, 0.5) is 0 Å². The minimum Gasteiger partial charge on any atom is -0.466 e. The number of carbonyl (C=O) groups excluding carboxylic acids is 2. The second-order valence-corrected chi connectivity index (χ2v) is 5.30. The van der Waals surface area contributed by atoms with Gasteiger partial charge >= 0.3 is 5.97 Å². The van der Waals surface area contributed by atoms with Crippen LogP contribution in [0.2, 0.25) is 0 Å². The van der Waals surface area contributed by atoms with Crippen LogP contribution in [0.5, 0.6) is 0 Å². The third-order valence-corrected chi connectivity index (χ3v) is 4.15. The lowest BCUT2D eigenvalue weighted by molar-refractivity contribution is -0.137. The summed E-state index contributed by atoms with van der Waals surface area (Å²) in [7, 11) is 1.32. The molecular weight excluding hydrogens is 276 g/mol. The fourth-order valence-corrected chi connectivity index (χ4v) is 3.17. The van der Waals surface area contributed by atoms with Gasteiger partial charge in [-0.3, -0.25) is 9.69 Å². The van der Waals surface area contributed by atoms with Crippen molar-refractivity contribution in [3.63, 3.8) is 0 Å². The number of methoxy groups -OCH3 is 1. The maximum Gasteiger partial charge on any atom is 0.337 e. The number of esters is 1. The van der Waals surface area contributed by atoms with Gasteiger partial charge in [-0.1, -0.05) is 42.1 Å². The van der Waals surface area contributed by atoms with Crippen molar-refractivity contribution in [2.75, 3.05) is 12.9 Å². The highest BCUT2D eigenvalue weighted by Gasteiger charge is 2.41. The Morgan fingerprint density at radius 1 is 1.40 bits per heavy atom. The predicted octanol–water partition coefficient (Wildman–Crippen LogP) is 1.73. The second kappa shape index (κ2) is 5.13. The molecule has 0 spiro atoms. The topological polar surface area (TPSA) is 59.0 Å². The van der Waals surface area contributed by atoms with Crippen LogP contribution in [0.25, 0.3) is 0 Å². The van der Waals surface area contributed by atoms with Gasteiger partial charge in [0.05, 0.1) is 24.5 Å². The summed E-state index contributed by atoms with van der Waals surface area (Å²) in [4.78, 5) is 29.8. The molecule has 1 amide bonds. The Morgan fingerprint density at radius 2 is 2.15 bits per heavy atom. The normalized spacial score (nSPS) is 21.1. The maximum atomic E-state index is 12.1. The predicted molar refractivity (Wildman–Crippen MR) is 76.0 cm³/mol. The molecule has 1 aromatic rings. The van der Waals surface area contributed by atoms with Gasteiger partial charge in [-0.05, 0) is 5.56 Å². The highest BCUT2D eigenvalue weighted by atomic mass is 32.2. The molecule has 1 fully saturated rings. The van der Waals surface area contributed by atoms with Gasteiger partial charge in [0.25, 0.3) is 0 Å². The van der Waals surface area contributed by atoms with Gasteiger partial charge in [-0.15, -0.1) is 0 Å². The molecule has 0 saturated carbocycles. The number of amidine groups is 1. The molecule has 0 radical (unpaired) electrons. The van der Waals surface area contributed by atoms with Crippen LogP contribution in [-0.2, 0) is 14.3 Å². The molecule has 5 nitrogen and oxygen atoms in total. The van der Waals surface area contributed by atoms with Gasteiger partial charge in [-0.2, -0.15) is 0 Å². The molecule has 0 bridgehead atoms. The third-order valence-electron chi connectivity index (χ3n) is 3.20. The number of rotatable bonds is 2. The van der Waals surface area contributed by atoms with E-state index in [-0.39, 0.29) is 5.91 Å². The largest absolute Gasteiger partial charge is 0.466 e. The smallest absolute Gasteiger partial charge is 0.337 e. The molecule has 0 aromatic heterocycles. The molecule has 6 heteroatoms. The van der Waals surface area contributed by atoms with E-state index in [1.807, 2.05) is 30.3 Å². The van der Waals surface area contributed by atoms with Crippen LogP contribution in [0.1, 0.15) is 11.6 Å². The molecule has 2 aliphatic rings. The van der Waals surface area contributed by atoms with E-state index in [0.717, 1.165) is 5.56 Å². The van der Waals surface area contributed by atoms with E-state index < -0.39 is 12.0 Å². The van der Waals surface area contributed by atoms with Crippen LogP contribution in [-0.4, -0.2) is 34.8 Å². The lowest BCUT2D eigenvalue weighted by Crippen LogP contribution is -2.38. The first-order chi connectivity index (χ1) is 9.72. The summed E-state index contributed by atoms with van der Waals surface area (Å²) in [5.74, 6) is -0.159. The Kier molecular flexibility index (Phi) is 3.31. The van der Waals surface area contributed by atoms with E-state index in [0.29, 0.717) is 16.5 Å². The van der Waals surface area contributed by atoms with Crippen molar-refractivity contribution in [3.8, 4) is 0 Å². The molecule has 3 rings (SSSR count). The standard InChI is InChI=1S/C14H12N2O3S/c1-19-13(18)10-7-15-14-16(11(17)8-20-14)12(10)9-5-3-2-4-6-9/h2-7,12H,8H2,1H3. The molecule has 2 heterocycles. The van der Waals surface area contributed by atoms with Crippen molar-refractivity contribution in [3.05, 3.63) is 47.7 Å². The van der Waals surface area contributed by atoms with E-state index in [4.69, 9.17) is 4.74 Å². The fraction of sp³-hybridized carbons (Fsp3) is 0.214. The first-order valence-corrected chi connectivity index (χ1v) is 7.07. The first kappa shape index (κ1) is 12.9. The highest BCUT2D eigenvalue weighted by molar-refractivity contribution is 8.15. The summed E-state index contributed by atoms with van der Waals surface area (Å²) in [6, 6.07) is 8.97. The van der Waals surface area contributed by atoms with Gasteiger partial charge < -0.3 is 4.74 Å². The second-order valence-electron chi connectivity index (χ2n) is 4.35. The Hall–Kier alpha value is -2.08. The van der Waals surface area contributed by atoms with Crippen molar-refractivity contribution in [1.82, 2.24) is 4.90 Å². The number of carbonyl (C=O) groups is 2. The molecule has 0 aliphatic carbocycles. The van der Waals surface area contributed by atoms with Gasteiger partial charge in [0, 0.05) is 6.20 Å². The summed E-state index contributed by atoms with van der Waals surface area (Å²) in [5.41, 5.74) is 1.24. The molecule has 0 N–H and O–H groups in total. The number of aliphatic imine (C=N–C) groups is 1. The van der Waals surface area contributed by atoms with Crippen molar-refractivity contribution >= 4 is 28.8 Å². The van der Waals surface area contributed by atoms with Crippen LogP contribution in [0, 0.1) is 0 Å². The van der Waals surface area contributed by atoms with E-state index in [2.05, 4.69) is 4.99 Å². The summed E-state index contributed by atoms with van der Waals surface area (Å²) >= 11 is 1.38. The van der Waals surface area contributed by atoms with E-state index in [1.54, 1.807) is 4.90 Å². The number of hydrogen-bond acceptors (Lipinski definition) is 5. The number of fused-ring (bicyclic) bond motifs is 1. The third kappa shape index (κ3) is 2.02. The van der Waals surface area contributed by atoms with E-state index in [9.17, 15) is 9.59 Å². The Morgan fingerprint density at radius 3 is 2.85 bits per heavy atom. The zero-order valence-electron chi connectivity index (χ0n) is 10.8. The molecule has 20 heavy (non-hydrogen) atoms. The number of benzene rings is 1. The molecule has 102 valence electrons. The molecule has 1 aromatic carbocycles. The minimum atomic E-state index is -0.466. The average molecular weight is 288 g/mol. The SMILES string of the molecule is COC(=O)C1=CN=C2SCC(=O)N2C1c1ccccc1. The fourth-order valence-electron chi connectivity index (χ4n) is 2.31. The minimum absolute atomic E-state index is 0.0443. The zero-order chi connectivity index (χ0) is 14.1. The monoisotopic (exact) mass is 288 g/mol. The summed E-state index contributed by atoms with van der Waals surface area (Å²) in [6.45, 7) is 0. The van der Waals surface area contributed by atoms with E-state index >= 15 is 0 Å². The summed E-state index contributed by atoms with van der Waals surface area (Å²) in [5, 5.41) is 0.636. The summed E-state index contributed by atoms with van der Waals surface area (Å²) < 4.78 is 4.80. The van der Waals surface area contributed by atoms with Crippen molar-refractivity contribution < 1.29 is 14.3 Å². The Balaban J connectivity index is 2.10. The van der Waals surface area contributed by atoms with Gasteiger partial charge in [0.2, 0.25) is 5.91 Å². The van der Waals surface area contributed by atoms with Crippen molar-refractivity contribution in [2.45, 2.75) is 6.04 Å². The van der Waals surface area contributed by atoms with E-state index in [1.165, 1.54) is 25.1 Å². The highest BCUT2D eigenvalue weighted by Crippen LogP contribution is 2.38. The van der Waals surface area contributed by atoms with Gasteiger partial charge in [-0.25, -0.2) is 9.79 Å². The molecular formula is C14H12N2O3S. The summed E-state index contributed by atoms with van der Waals surface area (Å²) in [6.07, 6.45) is 1.50. The molecule has 1 unspecified atom stereocenters. The molecule has 1 saturated heterocycles. The van der Waals surface area contributed by atoms with Crippen LogP contribution < -0.4 is 0 Å². The van der Waals surface area contributed by atoms with Crippen LogP contribution in [0.3, 0.4) is 0 Å². The van der Waals surface area contributed by atoms with Crippen molar-refractivity contribution in [1.29, 1.82) is 0 Å². The number of nitrogens with zero attached hydrogens (tertiary/aromatic N) is 2. The number of hydrogen-bond donors (Lipinski definition) is 0. The molecule has 1 atom stereocenters. The number of thioether (sulfide) groups is 1. The van der Waals surface area contributed by atoms with Crippen molar-refractivity contribution in [2.24, 2.45) is 4.99 Å². The van der Waals surface area contributed by atoms with Crippen LogP contribution >= 0.6 is 11.8 Å². The quantitative estimate of drug-likeness (QED) is 0.778. The maximum absolute atomic E-state index is 12.1. The average Bonchev–Trinajstić information content (AvgIpc) is 2.88.